The van der Waals surface area contributed by atoms with Crippen molar-refractivity contribution in [1.29, 1.82) is 0 Å². The van der Waals surface area contributed by atoms with Crippen molar-refractivity contribution in [2.45, 2.75) is 65.5 Å². The molecule has 2 rings (SSSR count). The summed E-state index contributed by atoms with van der Waals surface area (Å²) in [6.45, 7) is 8.69. The van der Waals surface area contributed by atoms with E-state index in [4.69, 9.17) is 0 Å². The van der Waals surface area contributed by atoms with Crippen molar-refractivity contribution < 1.29 is 0 Å². The molecule has 1 aliphatic rings. The molecule has 0 amide bonds. The van der Waals surface area contributed by atoms with Crippen LogP contribution in [0.15, 0.2) is 6.07 Å². The first-order valence-electron chi connectivity index (χ1n) is 8.35. The number of nitrogens with one attached hydrogen (secondary N) is 1. The van der Waals surface area contributed by atoms with Crippen molar-refractivity contribution in [2.75, 3.05) is 18.9 Å². The Hall–Kier alpha value is -1.16. The van der Waals surface area contributed by atoms with Gasteiger partial charge < -0.3 is 5.32 Å². The first kappa shape index (κ1) is 16.2. The second-order valence-electron chi connectivity index (χ2n) is 6.65. The van der Waals surface area contributed by atoms with Gasteiger partial charge in [0.15, 0.2) is 0 Å². The van der Waals surface area contributed by atoms with Crippen molar-refractivity contribution in [3.8, 4) is 0 Å². The van der Waals surface area contributed by atoms with Crippen LogP contribution in [0.4, 0.5) is 5.82 Å². The first-order valence-corrected chi connectivity index (χ1v) is 8.35. The maximum absolute atomic E-state index is 4.63. The lowest BCUT2D eigenvalue weighted by Crippen LogP contribution is -2.35. The maximum Gasteiger partial charge on any atom is 0.144 e. The van der Waals surface area contributed by atoms with Crippen LogP contribution in [-0.2, 0) is 6.54 Å². The normalized spacial score (nSPS) is 16.1. The minimum atomic E-state index is 0.728. The van der Waals surface area contributed by atoms with Gasteiger partial charge in [0.25, 0.3) is 0 Å². The summed E-state index contributed by atoms with van der Waals surface area (Å²) in [6.07, 6.45) is 6.67. The number of hydrogen-bond donors (Lipinski definition) is 1. The molecule has 1 saturated carbocycles. The Bertz CT molecular complexity index is 438. The van der Waals surface area contributed by atoms with Gasteiger partial charge in [-0.1, -0.05) is 26.7 Å². The highest BCUT2D eigenvalue weighted by Gasteiger charge is 2.23. The second-order valence-corrected chi connectivity index (χ2v) is 6.65. The third kappa shape index (κ3) is 4.95. The lowest BCUT2D eigenvalue weighted by molar-refractivity contribution is 0.175. The second kappa shape index (κ2) is 7.74. The van der Waals surface area contributed by atoms with E-state index in [0.29, 0.717) is 0 Å². The SMILES string of the molecule is CNc1cc(C)nc(CN(CCC(C)C)C2CCCC2)n1. The lowest BCUT2D eigenvalue weighted by atomic mass is 10.1. The molecule has 0 aromatic carbocycles. The van der Waals surface area contributed by atoms with Crippen LogP contribution in [0.3, 0.4) is 0 Å². The van der Waals surface area contributed by atoms with Gasteiger partial charge in [-0.25, -0.2) is 9.97 Å². The minimum Gasteiger partial charge on any atom is -0.373 e. The molecule has 0 radical (unpaired) electrons. The number of anilines is 1. The van der Waals surface area contributed by atoms with E-state index in [1.165, 1.54) is 32.1 Å². The van der Waals surface area contributed by atoms with Gasteiger partial charge in [-0.2, -0.15) is 0 Å². The summed E-state index contributed by atoms with van der Waals surface area (Å²) in [4.78, 5) is 11.9. The molecule has 1 fully saturated rings. The molecule has 0 saturated heterocycles. The standard InChI is InChI=1S/C17H30N4/c1-13(2)9-10-21(15-7-5-6-8-15)12-17-19-14(3)11-16(18-4)20-17/h11,13,15H,5-10,12H2,1-4H3,(H,18,19,20). The van der Waals surface area contributed by atoms with E-state index in [-0.39, 0.29) is 0 Å². The highest BCUT2D eigenvalue weighted by Crippen LogP contribution is 2.25. The van der Waals surface area contributed by atoms with E-state index in [1.807, 2.05) is 20.0 Å². The Labute approximate surface area is 129 Å². The van der Waals surface area contributed by atoms with E-state index in [0.717, 1.165) is 42.4 Å². The fraction of sp³-hybridized carbons (Fsp3) is 0.765. The predicted molar refractivity (Wildman–Crippen MR) is 88.4 cm³/mol. The summed E-state index contributed by atoms with van der Waals surface area (Å²) in [5.74, 6) is 2.63. The van der Waals surface area contributed by atoms with Crippen molar-refractivity contribution in [3.63, 3.8) is 0 Å². The minimum absolute atomic E-state index is 0.728. The fourth-order valence-corrected chi connectivity index (χ4v) is 3.09. The Morgan fingerprint density at radius 2 is 2.00 bits per heavy atom. The topological polar surface area (TPSA) is 41.1 Å². The molecule has 0 aliphatic heterocycles. The molecule has 1 aliphatic carbocycles. The van der Waals surface area contributed by atoms with E-state index >= 15 is 0 Å². The highest BCUT2D eigenvalue weighted by molar-refractivity contribution is 5.34. The summed E-state index contributed by atoms with van der Waals surface area (Å²) in [5.41, 5.74) is 1.04. The predicted octanol–water partition coefficient (Wildman–Crippen LogP) is 3.62. The van der Waals surface area contributed by atoms with Crippen molar-refractivity contribution in [2.24, 2.45) is 5.92 Å². The number of rotatable bonds is 7. The zero-order valence-electron chi connectivity index (χ0n) is 14.0. The molecule has 4 heteroatoms. The van der Waals surface area contributed by atoms with E-state index < -0.39 is 0 Å². The molecule has 1 N–H and O–H groups in total. The van der Waals surface area contributed by atoms with Crippen LogP contribution in [0.2, 0.25) is 0 Å². The van der Waals surface area contributed by atoms with Crippen LogP contribution in [0.25, 0.3) is 0 Å². The monoisotopic (exact) mass is 290 g/mol. The summed E-state index contributed by atoms with van der Waals surface area (Å²) < 4.78 is 0. The van der Waals surface area contributed by atoms with Crippen LogP contribution in [0.5, 0.6) is 0 Å². The van der Waals surface area contributed by atoms with E-state index in [9.17, 15) is 0 Å². The van der Waals surface area contributed by atoms with Crippen LogP contribution in [0, 0.1) is 12.8 Å². The summed E-state index contributed by atoms with van der Waals surface area (Å²) in [5, 5.41) is 3.13. The zero-order valence-corrected chi connectivity index (χ0v) is 14.0. The molecular formula is C17H30N4. The Morgan fingerprint density at radius 3 is 2.62 bits per heavy atom. The van der Waals surface area contributed by atoms with Crippen LogP contribution >= 0.6 is 0 Å². The third-order valence-corrected chi connectivity index (χ3v) is 4.34. The van der Waals surface area contributed by atoms with Gasteiger partial charge in [0, 0.05) is 24.8 Å². The van der Waals surface area contributed by atoms with Crippen LogP contribution in [-0.4, -0.2) is 34.5 Å². The molecular weight excluding hydrogens is 260 g/mol. The van der Waals surface area contributed by atoms with Crippen LogP contribution < -0.4 is 5.32 Å². The molecule has 21 heavy (non-hydrogen) atoms. The molecule has 0 spiro atoms. The largest absolute Gasteiger partial charge is 0.373 e. The van der Waals surface area contributed by atoms with Gasteiger partial charge in [-0.3, -0.25) is 4.90 Å². The van der Waals surface area contributed by atoms with Crippen molar-refractivity contribution in [1.82, 2.24) is 14.9 Å². The Morgan fingerprint density at radius 1 is 1.29 bits per heavy atom. The van der Waals surface area contributed by atoms with Gasteiger partial charge in [-0.05, 0) is 38.6 Å². The first-order chi connectivity index (χ1) is 10.1. The van der Waals surface area contributed by atoms with E-state index in [2.05, 4.69) is 34.0 Å². The Kier molecular flexibility index (Phi) is 5.97. The molecule has 0 bridgehead atoms. The van der Waals surface area contributed by atoms with Gasteiger partial charge in [0.1, 0.15) is 11.6 Å². The Balaban J connectivity index is 2.07. The maximum atomic E-state index is 4.63. The van der Waals surface area contributed by atoms with E-state index in [1.54, 1.807) is 0 Å². The number of aryl methyl sites for hydroxylation is 1. The van der Waals surface area contributed by atoms with Crippen LogP contribution in [0.1, 0.15) is 57.5 Å². The quantitative estimate of drug-likeness (QED) is 0.833. The molecule has 118 valence electrons. The third-order valence-electron chi connectivity index (χ3n) is 4.34. The molecule has 0 unspecified atom stereocenters. The molecule has 0 atom stereocenters. The van der Waals surface area contributed by atoms with Gasteiger partial charge in [-0.15, -0.1) is 0 Å². The molecule has 4 nitrogen and oxygen atoms in total. The fourth-order valence-electron chi connectivity index (χ4n) is 3.09. The smallest absolute Gasteiger partial charge is 0.144 e. The highest BCUT2D eigenvalue weighted by atomic mass is 15.2. The number of nitrogens with zero attached hydrogens (tertiary/aromatic N) is 3. The summed E-state index contributed by atoms with van der Waals surface area (Å²) in [6, 6.07) is 2.73. The average molecular weight is 290 g/mol. The van der Waals surface area contributed by atoms with Crippen molar-refractivity contribution in [3.05, 3.63) is 17.6 Å². The average Bonchev–Trinajstić information content (AvgIpc) is 2.96. The number of hydrogen-bond acceptors (Lipinski definition) is 4. The summed E-state index contributed by atoms with van der Waals surface area (Å²) in [7, 11) is 1.92. The lowest BCUT2D eigenvalue weighted by Gasteiger charge is -2.29. The van der Waals surface area contributed by atoms with Gasteiger partial charge in [0.05, 0.1) is 6.54 Å². The number of aromatic nitrogens is 2. The van der Waals surface area contributed by atoms with Gasteiger partial charge in [0.2, 0.25) is 0 Å². The molecule has 1 aromatic heterocycles. The molecule has 1 aromatic rings. The molecule has 1 heterocycles. The van der Waals surface area contributed by atoms with Crippen molar-refractivity contribution >= 4 is 5.82 Å². The summed E-state index contributed by atoms with van der Waals surface area (Å²) >= 11 is 0. The van der Waals surface area contributed by atoms with Gasteiger partial charge >= 0.3 is 0 Å². The zero-order chi connectivity index (χ0) is 15.2.